The van der Waals surface area contributed by atoms with Crippen LogP contribution in [0.3, 0.4) is 0 Å². The molecule has 9 nitrogen and oxygen atoms in total. The molecule has 1 aliphatic carbocycles. The van der Waals surface area contributed by atoms with Crippen molar-refractivity contribution in [3.8, 4) is 5.69 Å². The highest BCUT2D eigenvalue weighted by molar-refractivity contribution is 7.91. The van der Waals surface area contributed by atoms with E-state index < -0.39 is 9.84 Å². The van der Waals surface area contributed by atoms with Crippen molar-refractivity contribution in [3.05, 3.63) is 42.1 Å². The lowest BCUT2D eigenvalue weighted by atomic mass is 10.2. The molecule has 1 aromatic carbocycles. The van der Waals surface area contributed by atoms with Crippen LogP contribution in [-0.4, -0.2) is 72.6 Å². The zero-order valence-electron chi connectivity index (χ0n) is 17.5. The third kappa shape index (κ3) is 5.71. The van der Waals surface area contributed by atoms with E-state index in [1.165, 1.54) is 0 Å². The lowest BCUT2D eigenvalue weighted by Gasteiger charge is -2.18. The molecule has 0 spiro atoms. The first kappa shape index (κ1) is 21.5. The predicted molar refractivity (Wildman–Crippen MR) is 117 cm³/mol. The van der Waals surface area contributed by atoms with Gasteiger partial charge in [-0.15, -0.1) is 0 Å². The van der Waals surface area contributed by atoms with Crippen LogP contribution in [0.25, 0.3) is 5.69 Å². The van der Waals surface area contributed by atoms with Crippen molar-refractivity contribution in [2.75, 3.05) is 37.0 Å². The van der Waals surface area contributed by atoms with Crippen LogP contribution in [0.15, 0.2) is 36.4 Å². The van der Waals surface area contributed by atoms with Gasteiger partial charge in [0.15, 0.2) is 9.84 Å². The van der Waals surface area contributed by atoms with Gasteiger partial charge in [0.25, 0.3) is 0 Å². The number of likely N-dealkylation sites (N-methyl/N-ethyl adjacent to an activating group) is 1. The van der Waals surface area contributed by atoms with E-state index in [0.29, 0.717) is 18.2 Å². The van der Waals surface area contributed by atoms with Gasteiger partial charge in [-0.2, -0.15) is 5.10 Å². The molecule has 4 rings (SSSR count). The average Bonchev–Trinajstić information content (AvgIpc) is 3.38. The summed E-state index contributed by atoms with van der Waals surface area (Å²) in [5.74, 6) is 0.601. The van der Waals surface area contributed by atoms with Gasteiger partial charge in [-0.05, 0) is 38.4 Å². The number of benzene rings is 1. The molecule has 2 N–H and O–H groups in total. The average molecular weight is 446 g/mol. The highest BCUT2D eigenvalue weighted by Crippen LogP contribution is 2.40. The third-order valence-corrected chi connectivity index (χ3v) is 7.18. The van der Waals surface area contributed by atoms with Gasteiger partial charge in [-0.25, -0.2) is 13.1 Å². The molecule has 1 aromatic heterocycles. The summed E-state index contributed by atoms with van der Waals surface area (Å²) >= 11 is 0. The first-order chi connectivity index (χ1) is 14.8. The lowest BCUT2D eigenvalue weighted by Crippen LogP contribution is -2.43. The Kier molecular flexibility index (Phi) is 6.10. The normalized spacial score (nSPS) is 20.0. The molecule has 166 valence electrons. The van der Waals surface area contributed by atoms with Crippen molar-refractivity contribution in [2.24, 2.45) is 0 Å². The largest absolute Gasteiger partial charge is 0.351 e. The molecule has 2 aliphatic rings. The molecule has 2 amide bonds. The number of nitrogens with one attached hydrogen (secondary N) is 2. The van der Waals surface area contributed by atoms with Crippen LogP contribution in [0.5, 0.6) is 0 Å². The van der Waals surface area contributed by atoms with Crippen molar-refractivity contribution < 1.29 is 18.0 Å². The molecule has 2 aromatic rings. The van der Waals surface area contributed by atoms with Crippen LogP contribution in [-0.2, 0) is 19.4 Å². The summed E-state index contributed by atoms with van der Waals surface area (Å²) in [6.07, 6.45) is 2.66. The van der Waals surface area contributed by atoms with Crippen molar-refractivity contribution >= 4 is 27.5 Å². The molecule has 1 unspecified atom stereocenters. The molecule has 1 saturated heterocycles. The van der Waals surface area contributed by atoms with Crippen molar-refractivity contribution in [1.82, 2.24) is 20.0 Å². The Hall–Kier alpha value is -2.72. The van der Waals surface area contributed by atoms with Crippen molar-refractivity contribution in [2.45, 2.75) is 31.2 Å². The molecule has 1 atom stereocenters. The van der Waals surface area contributed by atoms with E-state index in [1.54, 1.807) is 16.6 Å². The maximum atomic E-state index is 12.6. The molecule has 2 heterocycles. The van der Waals surface area contributed by atoms with Gasteiger partial charge < -0.3 is 10.6 Å². The Morgan fingerprint density at radius 2 is 1.84 bits per heavy atom. The maximum Gasteiger partial charge on any atom is 0.239 e. The summed E-state index contributed by atoms with van der Waals surface area (Å²) in [5, 5.41) is 10.3. The number of hydrogen-bond acceptors (Lipinski definition) is 6. The van der Waals surface area contributed by atoms with Gasteiger partial charge in [0.1, 0.15) is 5.82 Å². The summed E-state index contributed by atoms with van der Waals surface area (Å²) in [6.45, 7) is 0.0321. The summed E-state index contributed by atoms with van der Waals surface area (Å²) < 4.78 is 24.8. The number of anilines is 1. The molecule has 0 radical (unpaired) electrons. The number of para-hydroxylation sites is 1. The minimum absolute atomic E-state index is 0.00917. The summed E-state index contributed by atoms with van der Waals surface area (Å²) in [4.78, 5) is 26.4. The zero-order valence-corrected chi connectivity index (χ0v) is 18.3. The first-order valence-electron chi connectivity index (χ1n) is 10.4. The second kappa shape index (κ2) is 8.80. The van der Waals surface area contributed by atoms with Gasteiger partial charge in [-0.1, -0.05) is 18.2 Å². The quantitative estimate of drug-likeness (QED) is 0.625. The van der Waals surface area contributed by atoms with E-state index in [-0.39, 0.29) is 42.5 Å². The summed E-state index contributed by atoms with van der Waals surface area (Å²) in [5.41, 5.74) is 1.84. The van der Waals surface area contributed by atoms with Gasteiger partial charge in [0, 0.05) is 18.0 Å². The number of carbonyl (C=O) groups is 2. The van der Waals surface area contributed by atoms with E-state index in [1.807, 2.05) is 36.4 Å². The van der Waals surface area contributed by atoms with E-state index in [0.717, 1.165) is 24.2 Å². The van der Waals surface area contributed by atoms with Crippen LogP contribution >= 0.6 is 0 Å². The number of aromatic nitrogens is 2. The number of carbonyl (C=O) groups excluding carboxylic acids is 2. The van der Waals surface area contributed by atoms with Crippen molar-refractivity contribution in [1.29, 1.82) is 0 Å². The SMILES string of the molecule is CN(CC(=O)Nc1cc(C2CC2)nn1-c1ccccc1)CC(=O)NC1CCS(=O)(=O)C1. The van der Waals surface area contributed by atoms with Gasteiger partial charge in [-0.3, -0.25) is 14.5 Å². The second-order valence-electron chi connectivity index (χ2n) is 8.36. The smallest absolute Gasteiger partial charge is 0.239 e. The fourth-order valence-electron chi connectivity index (χ4n) is 3.74. The summed E-state index contributed by atoms with van der Waals surface area (Å²) in [6, 6.07) is 11.2. The predicted octanol–water partition coefficient (Wildman–Crippen LogP) is 0.923. The molecule has 2 fully saturated rings. The van der Waals surface area contributed by atoms with Crippen molar-refractivity contribution in [3.63, 3.8) is 0 Å². The van der Waals surface area contributed by atoms with E-state index in [2.05, 4.69) is 15.7 Å². The standard InChI is InChI=1S/C21H27N5O4S/c1-25(12-20(27)22-16-9-10-31(29,30)14-16)13-21(28)23-19-11-18(15-7-8-15)24-26(19)17-5-3-2-4-6-17/h2-6,11,15-16H,7-10,12-14H2,1H3,(H,22,27)(H,23,28). The number of hydrogen-bond donors (Lipinski definition) is 2. The molecular weight excluding hydrogens is 418 g/mol. The molecular formula is C21H27N5O4S. The first-order valence-corrected chi connectivity index (χ1v) is 12.2. The van der Waals surface area contributed by atoms with Crippen LogP contribution in [0.2, 0.25) is 0 Å². The van der Waals surface area contributed by atoms with Gasteiger partial charge in [0.2, 0.25) is 11.8 Å². The minimum atomic E-state index is -3.05. The van der Waals surface area contributed by atoms with Gasteiger partial charge >= 0.3 is 0 Å². The Morgan fingerprint density at radius 1 is 1.13 bits per heavy atom. The molecule has 31 heavy (non-hydrogen) atoms. The molecule has 1 saturated carbocycles. The minimum Gasteiger partial charge on any atom is -0.351 e. The summed E-state index contributed by atoms with van der Waals surface area (Å²) in [7, 11) is -1.38. The second-order valence-corrected chi connectivity index (χ2v) is 10.6. The van der Waals surface area contributed by atoms with Crippen LogP contribution in [0.4, 0.5) is 5.82 Å². The van der Waals surface area contributed by atoms with Crippen LogP contribution in [0, 0.1) is 0 Å². The maximum absolute atomic E-state index is 12.6. The van der Waals surface area contributed by atoms with Crippen LogP contribution < -0.4 is 10.6 Å². The number of amides is 2. The van der Waals surface area contributed by atoms with E-state index in [9.17, 15) is 18.0 Å². The van der Waals surface area contributed by atoms with E-state index in [4.69, 9.17) is 0 Å². The highest BCUT2D eigenvalue weighted by Gasteiger charge is 2.30. The Bertz CT molecular complexity index is 1060. The van der Waals surface area contributed by atoms with Gasteiger partial charge in [0.05, 0.1) is 36.0 Å². The molecule has 1 aliphatic heterocycles. The Balaban J connectivity index is 1.33. The zero-order chi connectivity index (χ0) is 22.0. The monoisotopic (exact) mass is 445 g/mol. The number of sulfone groups is 1. The molecule has 10 heteroatoms. The van der Waals surface area contributed by atoms with Crippen LogP contribution in [0.1, 0.15) is 30.9 Å². The number of rotatable bonds is 8. The Morgan fingerprint density at radius 3 is 2.48 bits per heavy atom. The fourth-order valence-corrected chi connectivity index (χ4v) is 5.42. The fraction of sp³-hybridized carbons (Fsp3) is 0.476. The van der Waals surface area contributed by atoms with E-state index >= 15 is 0 Å². The molecule has 0 bridgehead atoms. The Labute approximate surface area is 181 Å². The highest BCUT2D eigenvalue weighted by atomic mass is 32.2. The lowest BCUT2D eigenvalue weighted by molar-refractivity contribution is -0.123. The topological polar surface area (TPSA) is 113 Å². The number of nitrogens with zero attached hydrogens (tertiary/aromatic N) is 3. The third-order valence-electron chi connectivity index (χ3n) is 5.42.